The van der Waals surface area contributed by atoms with E-state index in [-0.39, 0.29) is 16.6 Å². The summed E-state index contributed by atoms with van der Waals surface area (Å²) in [7, 11) is -3.77. The van der Waals surface area contributed by atoms with E-state index < -0.39 is 10.0 Å². The second kappa shape index (κ2) is 11.1. The van der Waals surface area contributed by atoms with Crippen molar-refractivity contribution in [3.8, 4) is 5.75 Å². The number of ether oxygens (including phenoxy) is 1. The Morgan fingerprint density at radius 2 is 1.78 bits per heavy atom. The van der Waals surface area contributed by atoms with Crippen LogP contribution in [-0.4, -0.2) is 25.9 Å². The molecule has 0 saturated heterocycles. The lowest BCUT2D eigenvalue weighted by Crippen LogP contribution is -2.14. The van der Waals surface area contributed by atoms with Gasteiger partial charge in [-0.05, 0) is 55.0 Å². The molecule has 0 spiro atoms. The smallest absolute Gasteiger partial charge is 0.263 e. The summed E-state index contributed by atoms with van der Waals surface area (Å²) in [5.74, 6) is 0.615. The Hall–Kier alpha value is -3.65. The number of hydrogen-bond acceptors (Lipinski definition) is 5. The van der Waals surface area contributed by atoms with Crippen molar-refractivity contribution in [3.63, 3.8) is 0 Å². The van der Waals surface area contributed by atoms with E-state index in [0.29, 0.717) is 12.3 Å². The zero-order chi connectivity index (χ0) is 22.8. The van der Waals surface area contributed by atoms with Gasteiger partial charge in [-0.1, -0.05) is 37.6 Å². The molecule has 0 saturated carbocycles. The van der Waals surface area contributed by atoms with Gasteiger partial charge in [0.2, 0.25) is 5.91 Å². The number of rotatable bonds is 10. The summed E-state index contributed by atoms with van der Waals surface area (Å²) < 4.78 is 33.1. The van der Waals surface area contributed by atoms with Gasteiger partial charge in [-0.25, -0.2) is 13.4 Å². The molecule has 0 fully saturated rings. The first kappa shape index (κ1) is 23.0. The highest BCUT2D eigenvalue weighted by Crippen LogP contribution is 2.20. The number of benzene rings is 2. The summed E-state index contributed by atoms with van der Waals surface area (Å²) in [6.07, 6.45) is 6.60. The van der Waals surface area contributed by atoms with Gasteiger partial charge in [0.1, 0.15) is 11.6 Å². The van der Waals surface area contributed by atoms with Gasteiger partial charge < -0.3 is 10.1 Å². The second-order valence-corrected chi connectivity index (χ2v) is 8.59. The van der Waals surface area contributed by atoms with Crippen molar-refractivity contribution in [3.05, 3.63) is 84.6 Å². The highest BCUT2D eigenvalue weighted by Gasteiger charge is 2.14. The molecule has 3 aromatic rings. The van der Waals surface area contributed by atoms with Crippen LogP contribution in [0.15, 0.2) is 83.9 Å². The maximum atomic E-state index is 12.5. The summed E-state index contributed by atoms with van der Waals surface area (Å²) in [6, 6.07) is 18.3. The van der Waals surface area contributed by atoms with Crippen LogP contribution in [0.1, 0.15) is 25.3 Å². The van der Waals surface area contributed by atoms with Crippen molar-refractivity contribution in [1.82, 2.24) is 4.98 Å². The van der Waals surface area contributed by atoms with E-state index in [2.05, 4.69) is 21.9 Å². The molecule has 0 aliphatic rings. The van der Waals surface area contributed by atoms with Crippen molar-refractivity contribution in [2.24, 2.45) is 0 Å². The third-order valence-electron chi connectivity index (χ3n) is 4.42. The molecule has 1 aromatic heterocycles. The number of pyridine rings is 1. The van der Waals surface area contributed by atoms with Crippen LogP contribution < -0.4 is 14.8 Å². The molecule has 32 heavy (non-hydrogen) atoms. The topological polar surface area (TPSA) is 97.4 Å². The summed E-state index contributed by atoms with van der Waals surface area (Å²) in [5.41, 5.74) is 1.28. The quantitative estimate of drug-likeness (QED) is 0.344. The molecule has 3 rings (SSSR count). The lowest BCUT2D eigenvalue weighted by molar-refractivity contribution is -0.111. The Morgan fingerprint density at radius 1 is 1.03 bits per heavy atom. The summed E-state index contributed by atoms with van der Waals surface area (Å²) in [6.45, 7) is 2.72. The highest BCUT2D eigenvalue weighted by molar-refractivity contribution is 7.92. The Bertz CT molecular complexity index is 1160. The van der Waals surface area contributed by atoms with E-state index in [1.54, 1.807) is 24.3 Å². The molecule has 166 valence electrons. The predicted octanol–water partition coefficient (Wildman–Crippen LogP) is 4.71. The first-order valence-electron chi connectivity index (χ1n) is 10.2. The van der Waals surface area contributed by atoms with E-state index in [1.807, 2.05) is 24.3 Å². The molecule has 0 aliphatic carbocycles. The van der Waals surface area contributed by atoms with Gasteiger partial charge in [0.25, 0.3) is 10.0 Å². The largest absolute Gasteiger partial charge is 0.493 e. The number of hydrogen-bond donors (Lipinski definition) is 2. The summed E-state index contributed by atoms with van der Waals surface area (Å²) in [4.78, 5) is 16.3. The zero-order valence-electron chi connectivity index (χ0n) is 17.7. The van der Waals surface area contributed by atoms with E-state index in [0.717, 1.165) is 24.2 Å². The standard InChI is InChI=1S/C24H25N3O4S/c1-2-3-18-31-22-9-5-4-8-19(22)11-16-24(28)26-20-12-14-21(15-13-20)32(29,30)27-23-10-6-7-17-25-23/h4-17H,2-3,18H2,1H3,(H,25,27)(H,26,28). The second-order valence-electron chi connectivity index (χ2n) is 6.91. The molecule has 0 atom stereocenters. The van der Waals surface area contributed by atoms with Crippen LogP contribution >= 0.6 is 0 Å². The molecule has 2 aromatic carbocycles. The molecule has 0 unspecified atom stereocenters. The fraction of sp³-hybridized carbons (Fsp3) is 0.167. The van der Waals surface area contributed by atoms with Crippen LogP contribution in [-0.2, 0) is 14.8 Å². The van der Waals surface area contributed by atoms with Crippen molar-refractivity contribution in [2.75, 3.05) is 16.6 Å². The van der Waals surface area contributed by atoms with E-state index in [1.165, 1.54) is 36.5 Å². The molecule has 0 aliphatic heterocycles. The molecule has 1 heterocycles. The van der Waals surface area contributed by atoms with Crippen LogP contribution in [0.2, 0.25) is 0 Å². The molecule has 1 amide bonds. The Labute approximate surface area is 188 Å². The van der Waals surface area contributed by atoms with E-state index in [4.69, 9.17) is 4.74 Å². The number of sulfonamides is 1. The molecular weight excluding hydrogens is 426 g/mol. The van der Waals surface area contributed by atoms with Crippen molar-refractivity contribution in [2.45, 2.75) is 24.7 Å². The van der Waals surface area contributed by atoms with Crippen LogP contribution in [0.4, 0.5) is 11.5 Å². The number of nitrogens with zero attached hydrogens (tertiary/aromatic N) is 1. The maximum absolute atomic E-state index is 12.5. The number of para-hydroxylation sites is 1. The minimum atomic E-state index is -3.77. The minimum Gasteiger partial charge on any atom is -0.493 e. The normalized spacial score (nSPS) is 11.3. The number of amides is 1. The first-order valence-corrected chi connectivity index (χ1v) is 11.7. The number of nitrogens with one attached hydrogen (secondary N) is 2. The third-order valence-corrected chi connectivity index (χ3v) is 5.80. The van der Waals surface area contributed by atoms with Crippen LogP contribution in [0, 0.1) is 0 Å². The molecule has 7 nitrogen and oxygen atoms in total. The average molecular weight is 452 g/mol. The van der Waals surface area contributed by atoms with Gasteiger partial charge in [0, 0.05) is 23.5 Å². The van der Waals surface area contributed by atoms with Gasteiger partial charge >= 0.3 is 0 Å². The fourth-order valence-corrected chi connectivity index (χ4v) is 3.77. The molecular formula is C24H25N3O4S. The number of unbranched alkanes of at least 4 members (excludes halogenated alkanes) is 1. The number of carbonyl (C=O) groups excluding carboxylic acids is 1. The van der Waals surface area contributed by atoms with Gasteiger partial charge in [-0.3, -0.25) is 9.52 Å². The van der Waals surface area contributed by atoms with Crippen molar-refractivity contribution >= 4 is 33.5 Å². The number of carbonyl (C=O) groups is 1. The number of anilines is 2. The highest BCUT2D eigenvalue weighted by atomic mass is 32.2. The molecule has 0 bridgehead atoms. The Kier molecular flexibility index (Phi) is 7.99. The molecule has 0 radical (unpaired) electrons. The summed E-state index contributed by atoms with van der Waals surface area (Å²) in [5, 5.41) is 2.72. The third kappa shape index (κ3) is 6.68. The monoisotopic (exact) mass is 451 g/mol. The van der Waals surface area contributed by atoms with Crippen LogP contribution in [0.25, 0.3) is 6.08 Å². The van der Waals surface area contributed by atoms with Crippen molar-refractivity contribution in [1.29, 1.82) is 0 Å². The Morgan fingerprint density at radius 3 is 2.50 bits per heavy atom. The zero-order valence-corrected chi connectivity index (χ0v) is 18.5. The SMILES string of the molecule is CCCCOc1ccccc1C=CC(=O)Nc1ccc(S(=O)(=O)Nc2ccccn2)cc1. The van der Waals surface area contributed by atoms with E-state index >= 15 is 0 Å². The first-order chi connectivity index (χ1) is 15.5. The van der Waals surface area contributed by atoms with Crippen LogP contribution in [0.3, 0.4) is 0 Å². The van der Waals surface area contributed by atoms with Gasteiger partial charge in [-0.15, -0.1) is 0 Å². The lowest BCUT2D eigenvalue weighted by atomic mass is 10.2. The minimum absolute atomic E-state index is 0.0647. The summed E-state index contributed by atoms with van der Waals surface area (Å²) >= 11 is 0. The van der Waals surface area contributed by atoms with Gasteiger partial charge in [0.05, 0.1) is 11.5 Å². The molecule has 8 heteroatoms. The van der Waals surface area contributed by atoms with Gasteiger partial charge in [0.15, 0.2) is 0 Å². The average Bonchev–Trinajstić information content (AvgIpc) is 2.79. The number of aromatic nitrogens is 1. The van der Waals surface area contributed by atoms with E-state index in [9.17, 15) is 13.2 Å². The maximum Gasteiger partial charge on any atom is 0.263 e. The Balaban J connectivity index is 1.62. The van der Waals surface area contributed by atoms with Crippen LogP contribution in [0.5, 0.6) is 5.75 Å². The van der Waals surface area contributed by atoms with Crippen molar-refractivity contribution < 1.29 is 17.9 Å². The van der Waals surface area contributed by atoms with Gasteiger partial charge in [-0.2, -0.15) is 0 Å². The molecule has 2 N–H and O–H groups in total. The lowest BCUT2D eigenvalue weighted by Gasteiger charge is -2.09. The fourth-order valence-electron chi connectivity index (χ4n) is 2.76. The predicted molar refractivity (Wildman–Crippen MR) is 126 cm³/mol.